The van der Waals surface area contributed by atoms with Crippen molar-refractivity contribution in [1.29, 1.82) is 0 Å². The molecule has 0 fully saturated rings. The van der Waals surface area contributed by atoms with Crippen LogP contribution in [0.15, 0.2) is 52.3 Å². The first-order chi connectivity index (χ1) is 8.43. The number of aromatic hydroxyl groups is 1. The van der Waals surface area contributed by atoms with Gasteiger partial charge in [-0.2, -0.15) is 0 Å². The molecule has 0 spiro atoms. The van der Waals surface area contributed by atoms with E-state index in [1.54, 1.807) is 18.2 Å². The number of halogens is 1. The van der Waals surface area contributed by atoms with Crippen molar-refractivity contribution in [1.82, 2.24) is 0 Å². The Hall–Kier alpha value is -1.72. The molecule has 0 aliphatic rings. The van der Waals surface area contributed by atoms with E-state index >= 15 is 0 Å². The van der Waals surface area contributed by atoms with Gasteiger partial charge in [-0.05, 0) is 24.3 Å². The zero-order valence-corrected chi connectivity index (χ0v) is 10.7. The van der Waals surface area contributed by atoms with Crippen LogP contribution in [0, 0.1) is 0 Å². The van der Waals surface area contributed by atoms with E-state index in [1.807, 2.05) is 0 Å². The smallest absolute Gasteiger partial charge is 0.206 e. The van der Waals surface area contributed by atoms with Gasteiger partial charge in [0.25, 0.3) is 0 Å². The van der Waals surface area contributed by atoms with Crippen molar-refractivity contribution < 1.29 is 13.5 Å². The normalized spacial score (nSPS) is 11.4. The lowest BCUT2D eigenvalue weighted by atomic mass is 10.3. The molecule has 0 bridgehead atoms. The monoisotopic (exact) mass is 283 g/mol. The van der Waals surface area contributed by atoms with Crippen molar-refractivity contribution in [3.8, 4) is 5.75 Å². The summed E-state index contributed by atoms with van der Waals surface area (Å²) >= 11 is 5.72. The molecule has 0 amide bonds. The molecule has 2 aromatic carbocycles. The lowest BCUT2D eigenvalue weighted by molar-refractivity contribution is 0.477. The molecule has 2 rings (SSSR count). The van der Waals surface area contributed by atoms with E-state index in [4.69, 9.17) is 17.3 Å². The van der Waals surface area contributed by atoms with E-state index < -0.39 is 9.84 Å². The fraction of sp³-hybridized carbons (Fsp3) is 0. The predicted octanol–water partition coefficient (Wildman–Crippen LogP) is 2.46. The number of anilines is 1. The lowest BCUT2D eigenvalue weighted by Gasteiger charge is -2.07. The van der Waals surface area contributed by atoms with Gasteiger partial charge < -0.3 is 10.8 Å². The molecule has 0 aromatic heterocycles. The number of benzene rings is 2. The van der Waals surface area contributed by atoms with E-state index in [0.29, 0.717) is 0 Å². The summed E-state index contributed by atoms with van der Waals surface area (Å²) in [5, 5.41) is 9.32. The zero-order chi connectivity index (χ0) is 13.3. The average molecular weight is 284 g/mol. The third-order valence-electron chi connectivity index (χ3n) is 2.43. The number of nitrogens with two attached hydrogens (primary N) is 1. The third-order valence-corrected chi connectivity index (χ3v) is 4.47. The SMILES string of the molecule is Nc1cc(S(=O)(=O)c2ccccc2)cc(Cl)c1O. The molecular weight excluding hydrogens is 274 g/mol. The van der Waals surface area contributed by atoms with Crippen molar-refractivity contribution in [3.05, 3.63) is 47.5 Å². The Kier molecular flexibility index (Phi) is 3.19. The minimum atomic E-state index is -3.68. The second-order valence-corrected chi connectivity index (χ2v) is 6.02. The minimum absolute atomic E-state index is 0.0472. The van der Waals surface area contributed by atoms with E-state index in [9.17, 15) is 13.5 Å². The molecule has 0 radical (unpaired) electrons. The molecule has 0 saturated carbocycles. The van der Waals surface area contributed by atoms with Gasteiger partial charge in [0.1, 0.15) is 0 Å². The summed E-state index contributed by atoms with van der Waals surface area (Å²) in [5.74, 6) is -0.316. The van der Waals surface area contributed by atoms with Crippen molar-refractivity contribution in [2.45, 2.75) is 9.79 Å². The summed E-state index contributed by atoms with van der Waals surface area (Å²) < 4.78 is 24.5. The largest absolute Gasteiger partial charge is 0.504 e. The van der Waals surface area contributed by atoms with E-state index in [1.165, 1.54) is 24.3 Å². The Bertz CT molecular complexity index is 661. The first-order valence-electron chi connectivity index (χ1n) is 5.01. The highest BCUT2D eigenvalue weighted by Gasteiger charge is 2.19. The van der Waals surface area contributed by atoms with E-state index in [0.717, 1.165) is 0 Å². The number of phenols is 1. The van der Waals surface area contributed by atoms with Crippen molar-refractivity contribution in [2.75, 3.05) is 5.73 Å². The fourth-order valence-corrected chi connectivity index (χ4v) is 3.12. The van der Waals surface area contributed by atoms with Crippen molar-refractivity contribution in [3.63, 3.8) is 0 Å². The van der Waals surface area contributed by atoms with Gasteiger partial charge in [0.2, 0.25) is 9.84 Å². The number of hydrogen-bond acceptors (Lipinski definition) is 4. The molecule has 3 N–H and O–H groups in total. The average Bonchev–Trinajstić information content (AvgIpc) is 2.36. The fourth-order valence-electron chi connectivity index (χ4n) is 1.49. The molecular formula is C12H10ClNO3S. The third kappa shape index (κ3) is 2.14. The van der Waals surface area contributed by atoms with Crippen LogP contribution in [0.2, 0.25) is 5.02 Å². The van der Waals surface area contributed by atoms with Crippen LogP contribution >= 0.6 is 11.6 Å². The van der Waals surface area contributed by atoms with Gasteiger partial charge in [0.05, 0.1) is 20.5 Å². The maximum absolute atomic E-state index is 12.3. The summed E-state index contributed by atoms with van der Waals surface area (Å²) in [6.45, 7) is 0. The number of sulfone groups is 1. The van der Waals surface area contributed by atoms with Gasteiger partial charge >= 0.3 is 0 Å². The van der Waals surface area contributed by atoms with Crippen molar-refractivity contribution >= 4 is 27.1 Å². The molecule has 0 aliphatic carbocycles. The molecule has 0 atom stereocenters. The molecule has 0 unspecified atom stereocenters. The topological polar surface area (TPSA) is 80.4 Å². The number of phenolic OH excluding ortho intramolecular Hbond substituents is 1. The molecule has 0 aliphatic heterocycles. The Labute approximate surface area is 110 Å². The van der Waals surface area contributed by atoms with Gasteiger partial charge in [0, 0.05) is 0 Å². The summed E-state index contributed by atoms with van der Waals surface area (Å²) in [5.41, 5.74) is 5.43. The molecule has 2 aromatic rings. The molecule has 94 valence electrons. The highest BCUT2D eigenvalue weighted by atomic mass is 35.5. The first-order valence-corrected chi connectivity index (χ1v) is 6.87. The maximum atomic E-state index is 12.3. The molecule has 6 heteroatoms. The maximum Gasteiger partial charge on any atom is 0.206 e. The Morgan fingerprint density at radius 1 is 1.06 bits per heavy atom. The predicted molar refractivity (Wildman–Crippen MR) is 69.4 cm³/mol. The standard InChI is InChI=1S/C12H10ClNO3S/c13-10-6-9(7-11(14)12(10)15)18(16,17)8-4-2-1-3-5-8/h1-7,15H,14H2. The second kappa shape index (κ2) is 4.51. The summed E-state index contributed by atoms with van der Waals surface area (Å²) in [6, 6.07) is 10.3. The number of hydrogen-bond donors (Lipinski definition) is 2. The van der Waals surface area contributed by atoms with Gasteiger partial charge in [-0.1, -0.05) is 29.8 Å². The van der Waals surface area contributed by atoms with Gasteiger partial charge in [-0.15, -0.1) is 0 Å². The van der Waals surface area contributed by atoms with E-state index in [2.05, 4.69) is 0 Å². The van der Waals surface area contributed by atoms with Crippen LogP contribution in [-0.2, 0) is 9.84 Å². The Morgan fingerprint density at radius 3 is 2.22 bits per heavy atom. The lowest BCUT2D eigenvalue weighted by Crippen LogP contribution is -2.03. The van der Waals surface area contributed by atoms with Crippen LogP contribution in [0.25, 0.3) is 0 Å². The van der Waals surface area contributed by atoms with Gasteiger partial charge in [-0.25, -0.2) is 8.42 Å². The first kappa shape index (κ1) is 12.7. The Balaban J connectivity index is 2.63. The van der Waals surface area contributed by atoms with Gasteiger partial charge in [-0.3, -0.25) is 0 Å². The highest BCUT2D eigenvalue weighted by molar-refractivity contribution is 7.91. The van der Waals surface area contributed by atoms with Crippen LogP contribution < -0.4 is 5.73 Å². The van der Waals surface area contributed by atoms with Crippen LogP contribution in [0.1, 0.15) is 0 Å². The second-order valence-electron chi connectivity index (χ2n) is 3.66. The molecule has 18 heavy (non-hydrogen) atoms. The summed E-state index contributed by atoms with van der Waals surface area (Å²) in [7, 11) is -3.68. The minimum Gasteiger partial charge on any atom is -0.504 e. The zero-order valence-electron chi connectivity index (χ0n) is 9.17. The van der Waals surface area contributed by atoms with Crippen molar-refractivity contribution in [2.24, 2.45) is 0 Å². The molecule has 4 nitrogen and oxygen atoms in total. The summed E-state index contributed by atoms with van der Waals surface area (Å²) in [4.78, 5) is 0.0974. The van der Waals surface area contributed by atoms with Crippen LogP contribution in [-0.4, -0.2) is 13.5 Å². The van der Waals surface area contributed by atoms with Crippen LogP contribution in [0.3, 0.4) is 0 Å². The van der Waals surface area contributed by atoms with Gasteiger partial charge in [0.15, 0.2) is 5.75 Å². The quantitative estimate of drug-likeness (QED) is 0.655. The van der Waals surface area contributed by atoms with Crippen LogP contribution in [0.4, 0.5) is 5.69 Å². The molecule has 0 saturated heterocycles. The number of nitrogen functional groups attached to an aromatic ring is 1. The van der Waals surface area contributed by atoms with E-state index in [-0.39, 0.29) is 26.3 Å². The highest BCUT2D eigenvalue weighted by Crippen LogP contribution is 2.34. The van der Waals surface area contributed by atoms with Crippen LogP contribution in [0.5, 0.6) is 5.75 Å². The molecule has 0 heterocycles. The Morgan fingerprint density at radius 2 is 1.67 bits per heavy atom. The number of rotatable bonds is 2. The summed E-state index contributed by atoms with van der Waals surface area (Å²) in [6.07, 6.45) is 0.